The second-order valence-electron chi connectivity index (χ2n) is 4.66. The van der Waals surface area contributed by atoms with Gasteiger partial charge in [-0.1, -0.05) is 13.8 Å². The number of furan rings is 1. The fourth-order valence-electron chi connectivity index (χ4n) is 2.13. The van der Waals surface area contributed by atoms with Crippen LogP contribution in [0.25, 0.3) is 0 Å². The molecule has 0 saturated carbocycles. The van der Waals surface area contributed by atoms with Crippen LogP contribution in [0.2, 0.25) is 0 Å². The van der Waals surface area contributed by atoms with Gasteiger partial charge in [-0.05, 0) is 31.9 Å². The van der Waals surface area contributed by atoms with E-state index in [1.54, 1.807) is 6.07 Å². The van der Waals surface area contributed by atoms with Gasteiger partial charge in [0, 0.05) is 11.3 Å². The summed E-state index contributed by atoms with van der Waals surface area (Å²) in [5.74, 6) is 5.61. The van der Waals surface area contributed by atoms with Crippen LogP contribution in [0.4, 0.5) is 0 Å². The molecule has 3 N–H and O–H groups in total. The molecule has 0 unspecified atom stereocenters. The fourth-order valence-corrected chi connectivity index (χ4v) is 2.13. The lowest BCUT2D eigenvalue weighted by molar-refractivity contribution is 0.0924. The topological polar surface area (TPSA) is 86.1 Å². The summed E-state index contributed by atoms with van der Waals surface area (Å²) >= 11 is 0. The Labute approximate surface area is 117 Å². The second kappa shape index (κ2) is 5.92. The summed E-state index contributed by atoms with van der Waals surface area (Å²) in [5.41, 5.74) is 5.25. The number of hydrogen-bond acceptors (Lipinski definition) is 4. The largest absolute Gasteiger partial charge is 0.456 e. The molecule has 0 aliphatic carbocycles. The maximum absolute atomic E-state index is 11.5. The zero-order valence-corrected chi connectivity index (χ0v) is 12.1. The van der Waals surface area contributed by atoms with Crippen molar-refractivity contribution < 1.29 is 9.21 Å². The molecule has 20 heavy (non-hydrogen) atoms. The quantitative estimate of drug-likeness (QED) is 0.493. The molecule has 2 rings (SSSR count). The number of amides is 1. The molecular weight excluding hydrogens is 256 g/mol. The molecule has 0 atom stereocenters. The Morgan fingerprint density at radius 2 is 2.15 bits per heavy atom. The summed E-state index contributed by atoms with van der Waals surface area (Å²) in [7, 11) is 0. The van der Waals surface area contributed by atoms with E-state index in [-0.39, 0.29) is 5.76 Å². The van der Waals surface area contributed by atoms with Crippen molar-refractivity contribution in [2.45, 2.75) is 40.2 Å². The lowest BCUT2D eigenvalue weighted by Gasteiger charge is -2.04. The van der Waals surface area contributed by atoms with Crippen LogP contribution in [0.1, 0.15) is 47.1 Å². The molecule has 2 heterocycles. The van der Waals surface area contributed by atoms with Crippen molar-refractivity contribution in [1.82, 2.24) is 15.2 Å². The van der Waals surface area contributed by atoms with Gasteiger partial charge < -0.3 is 4.42 Å². The SMILES string of the molecule is CCc1cc(CC)n(Cc2cc(C(=O)NN)oc2C)n1. The molecule has 2 aromatic heterocycles. The Hall–Kier alpha value is -2.08. The summed E-state index contributed by atoms with van der Waals surface area (Å²) < 4.78 is 7.37. The van der Waals surface area contributed by atoms with Crippen LogP contribution in [-0.4, -0.2) is 15.7 Å². The number of nitrogens with one attached hydrogen (secondary N) is 1. The molecule has 6 heteroatoms. The molecule has 0 bridgehead atoms. The number of nitrogen functional groups attached to an aromatic ring is 1. The van der Waals surface area contributed by atoms with E-state index in [4.69, 9.17) is 10.3 Å². The van der Waals surface area contributed by atoms with E-state index in [1.807, 2.05) is 11.6 Å². The number of aryl methyl sites for hydroxylation is 3. The summed E-state index contributed by atoms with van der Waals surface area (Å²) in [4.78, 5) is 11.5. The van der Waals surface area contributed by atoms with Gasteiger partial charge in [0.2, 0.25) is 0 Å². The molecule has 0 aliphatic heterocycles. The minimum Gasteiger partial charge on any atom is -0.456 e. The smallest absolute Gasteiger partial charge is 0.300 e. The Balaban J connectivity index is 2.27. The minimum atomic E-state index is -0.426. The summed E-state index contributed by atoms with van der Waals surface area (Å²) in [6.45, 7) is 6.61. The van der Waals surface area contributed by atoms with Crippen molar-refractivity contribution in [3.63, 3.8) is 0 Å². The fraction of sp³-hybridized carbons (Fsp3) is 0.429. The van der Waals surface area contributed by atoms with Crippen LogP contribution in [0.15, 0.2) is 16.5 Å². The maximum Gasteiger partial charge on any atom is 0.300 e. The van der Waals surface area contributed by atoms with Crippen LogP contribution in [0.3, 0.4) is 0 Å². The Morgan fingerprint density at radius 1 is 1.40 bits per heavy atom. The highest BCUT2D eigenvalue weighted by atomic mass is 16.4. The molecule has 0 spiro atoms. The van der Waals surface area contributed by atoms with Gasteiger partial charge in [-0.25, -0.2) is 5.84 Å². The monoisotopic (exact) mass is 276 g/mol. The molecule has 0 radical (unpaired) electrons. The zero-order chi connectivity index (χ0) is 14.7. The van der Waals surface area contributed by atoms with Crippen LogP contribution in [0.5, 0.6) is 0 Å². The van der Waals surface area contributed by atoms with Gasteiger partial charge in [-0.3, -0.25) is 14.9 Å². The molecule has 6 nitrogen and oxygen atoms in total. The first kappa shape index (κ1) is 14.3. The minimum absolute atomic E-state index is 0.223. The van der Waals surface area contributed by atoms with Crippen LogP contribution >= 0.6 is 0 Å². The molecule has 0 aliphatic rings. The molecule has 108 valence electrons. The third-order valence-electron chi connectivity index (χ3n) is 3.33. The average molecular weight is 276 g/mol. The van der Waals surface area contributed by atoms with E-state index in [0.717, 1.165) is 24.1 Å². The first-order valence-electron chi connectivity index (χ1n) is 6.74. The highest BCUT2D eigenvalue weighted by molar-refractivity contribution is 5.91. The van der Waals surface area contributed by atoms with E-state index >= 15 is 0 Å². The van der Waals surface area contributed by atoms with Gasteiger partial charge >= 0.3 is 5.91 Å². The lowest BCUT2D eigenvalue weighted by Crippen LogP contribution is -2.29. The first-order valence-corrected chi connectivity index (χ1v) is 6.74. The third kappa shape index (κ3) is 2.75. The molecule has 2 aromatic rings. The predicted molar refractivity (Wildman–Crippen MR) is 75.2 cm³/mol. The lowest BCUT2D eigenvalue weighted by atomic mass is 10.2. The summed E-state index contributed by atoms with van der Waals surface area (Å²) in [6.07, 6.45) is 1.82. The van der Waals surface area contributed by atoms with Gasteiger partial charge in [0.1, 0.15) is 5.76 Å². The first-order chi connectivity index (χ1) is 9.58. The molecule has 0 fully saturated rings. The molecule has 0 aromatic carbocycles. The Bertz CT molecular complexity index is 613. The van der Waals surface area contributed by atoms with E-state index in [2.05, 4.69) is 30.4 Å². The zero-order valence-electron chi connectivity index (χ0n) is 12.1. The Morgan fingerprint density at radius 3 is 2.75 bits per heavy atom. The van der Waals surface area contributed by atoms with Crippen molar-refractivity contribution in [2.75, 3.05) is 0 Å². The number of hydrogen-bond donors (Lipinski definition) is 2. The highest BCUT2D eigenvalue weighted by Crippen LogP contribution is 2.17. The highest BCUT2D eigenvalue weighted by Gasteiger charge is 2.15. The normalized spacial score (nSPS) is 10.8. The van der Waals surface area contributed by atoms with Gasteiger partial charge in [-0.2, -0.15) is 5.10 Å². The van der Waals surface area contributed by atoms with Gasteiger partial charge in [0.25, 0.3) is 0 Å². The van der Waals surface area contributed by atoms with Gasteiger partial charge in [0.15, 0.2) is 5.76 Å². The number of aromatic nitrogens is 2. The van der Waals surface area contributed by atoms with Gasteiger partial charge in [0.05, 0.1) is 12.2 Å². The van der Waals surface area contributed by atoms with Crippen LogP contribution in [-0.2, 0) is 19.4 Å². The van der Waals surface area contributed by atoms with E-state index < -0.39 is 5.91 Å². The van der Waals surface area contributed by atoms with Gasteiger partial charge in [-0.15, -0.1) is 0 Å². The van der Waals surface area contributed by atoms with Crippen LogP contribution in [0, 0.1) is 6.92 Å². The standard InChI is InChI=1S/C14H20N4O2/c1-4-11-7-12(5-2)18(17-11)8-10-6-13(14(19)16-15)20-9(10)3/h6-7H,4-5,8,15H2,1-3H3,(H,16,19). The van der Waals surface area contributed by atoms with Crippen molar-refractivity contribution in [3.05, 3.63) is 40.6 Å². The number of carbonyl (C=O) groups excluding carboxylic acids is 1. The number of nitrogens with zero attached hydrogens (tertiary/aromatic N) is 2. The third-order valence-corrected chi connectivity index (χ3v) is 3.33. The van der Waals surface area contributed by atoms with E-state index in [0.29, 0.717) is 12.3 Å². The number of rotatable bonds is 5. The molecule has 1 amide bonds. The number of hydrazine groups is 1. The van der Waals surface area contributed by atoms with Crippen LogP contribution < -0.4 is 11.3 Å². The average Bonchev–Trinajstić information content (AvgIpc) is 3.02. The Kier molecular flexibility index (Phi) is 4.24. The summed E-state index contributed by atoms with van der Waals surface area (Å²) in [6, 6.07) is 3.83. The van der Waals surface area contributed by atoms with E-state index in [9.17, 15) is 4.79 Å². The second-order valence-corrected chi connectivity index (χ2v) is 4.66. The van der Waals surface area contributed by atoms with Crippen molar-refractivity contribution >= 4 is 5.91 Å². The summed E-state index contributed by atoms with van der Waals surface area (Å²) in [5, 5.41) is 4.56. The molecular formula is C14H20N4O2. The predicted octanol–water partition coefficient (Wildman–Crippen LogP) is 1.56. The van der Waals surface area contributed by atoms with Crippen molar-refractivity contribution in [3.8, 4) is 0 Å². The number of nitrogens with two attached hydrogens (primary N) is 1. The molecule has 0 saturated heterocycles. The van der Waals surface area contributed by atoms with Crippen molar-refractivity contribution in [2.24, 2.45) is 5.84 Å². The van der Waals surface area contributed by atoms with E-state index in [1.165, 1.54) is 5.69 Å². The maximum atomic E-state index is 11.5. The van der Waals surface area contributed by atoms with Crippen molar-refractivity contribution in [1.29, 1.82) is 0 Å². The number of carbonyl (C=O) groups is 1.